The minimum Gasteiger partial charge on any atom is -0.478 e. The lowest BCUT2D eigenvalue weighted by atomic mass is 10.1. The number of benzene rings is 2. The number of nitrogens with one attached hydrogen (secondary N) is 1. The number of carboxylic acids is 1. The predicted octanol–water partition coefficient (Wildman–Crippen LogP) is 5.15. The number of rotatable bonds is 4. The first-order valence-electron chi connectivity index (χ1n) is 6.90. The predicted molar refractivity (Wildman–Crippen MR) is 85.1 cm³/mol. The van der Waals surface area contributed by atoms with Gasteiger partial charge in [-0.3, -0.25) is 4.79 Å². The third-order valence-electron chi connectivity index (χ3n) is 3.18. The van der Waals surface area contributed by atoms with E-state index in [1.165, 1.54) is 12.1 Å². The fourth-order valence-corrected chi connectivity index (χ4v) is 2.58. The number of carbonyl (C=O) groups is 2. The van der Waals surface area contributed by atoms with Crippen molar-refractivity contribution in [1.82, 2.24) is 0 Å². The van der Waals surface area contributed by atoms with Crippen molar-refractivity contribution in [3.05, 3.63) is 64.7 Å². The molecule has 0 radical (unpaired) electrons. The van der Waals surface area contributed by atoms with Gasteiger partial charge < -0.3 is 10.4 Å². The number of thioether (sulfide) groups is 1. The molecule has 0 fully saturated rings. The number of halogens is 5. The Bertz CT molecular complexity index is 837. The summed E-state index contributed by atoms with van der Waals surface area (Å²) in [5.74, 6) is -4.28. The average Bonchev–Trinajstić information content (AvgIpc) is 2.55. The lowest BCUT2D eigenvalue weighted by Gasteiger charge is -2.10. The number of anilines is 1. The molecule has 0 aromatic heterocycles. The van der Waals surface area contributed by atoms with Crippen LogP contribution in [0.4, 0.5) is 32.4 Å². The summed E-state index contributed by atoms with van der Waals surface area (Å²) in [4.78, 5) is 22.9. The van der Waals surface area contributed by atoms with Crippen molar-refractivity contribution < 1.29 is 36.6 Å². The molecule has 2 aromatic rings. The third kappa shape index (κ3) is 4.94. The molecule has 1 amide bonds. The van der Waals surface area contributed by atoms with Crippen LogP contribution in [0.2, 0.25) is 0 Å². The van der Waals surface area contributed by atoms with Gasteiger partial charge in [-0.25, -0.2) is 13.6 Å². The molecule has 0 aliphatic rings. The quantitative estimate of drug-likeness (QED) is 0.708. The lowest BCUT2D eigenvalue weighted by molar-refractivity contribution is -0.137. The van der Waals surface area contributed by atoms with E-state index in [0.29, 0.717) is 29.5 Å². The molecular weight excluding hydrogens is 381 g/mol. The molecule has 0 aliphatic heterocycles. The largest absolute Gasteiger partial charge is 0.478 e. The minimum atomic E-state index is -4.47. The van der Waals surface area contributed by atoms with Crippen LogP contribution in [0.3, 0.4) is 0 Å². The second kappa shape index (κ2) is 7.73. The maximum Gasteiger partial charge on any atom is 0.416 e. The number of hydrogen-bond acceptors (Lipinski definition) is 3. The molecular formula is C16H10F5NO3S. The number of aromatic carboxylic acids is 1. The first kappa shape index (κ1) is 19.7. The molecule has 0 saturated heterocycles. The molecule has 2 aromatic carbocycles. The van der Waals surface area contributed by atoms with E-state index in [-0.39, 0.29) is 5.75 Å². The Labute approximate surface area is 148 Å². The molecule has 0 bridgehead atoms. The number of hydrogen-bond donors (Lipinski definition) is 2. The topological polar surface area (TPSA) is 66.4 Å². The number of carbonyl (C=O) groups excluding carboxylic acids is 1. The van der Waals surface area contributed by atoms with Crippen molar-refractivity contribution in [2.75, 3.05) is 5.32 Å². The standard InChI is InChI=1S/C16H10F5NO3S/c17-11-5-10(14(23)24)13(6-12(11)18)22-15(25)26-7-8-1-3-9(4-2-8)16(19,20)21/h1-6H,7H2,(H,22,25)(H,23,24). The van der Waals surface area contributed by atoms with E-state index in [1.54, 1.807) is 0 Å². The van der Waals surface area contributed by atoms with Crippen molar-refractivity contribution >= 4 is 28.7 Å². The van der Waals surface area contributed by atoms with E-state index in [0.717, 1.165) is 12.1 Å². The molecule has 2 rings (SSSR count). The summed E-state index contributed by atoms with van der Waals surface area (Å²) in [5.41, 5.74) is -1.47. The number of alkyl halides is 3. The number of amides is 1. The molecule has 138 valence electrons. The highest BCUT2D eigenvalue weighted by atomic mass is 32.2. The van der Waals surface area contributed by atoms with E-state index in [1.807, 2.05) is 0 Å². The first-order valence-corrected chi connectivity index (χ1v) is 7.88. The Morgan fingerprint density at radius 3 is 2.15 bits per heavy atom. The lowest BCUT2D eigenvalue weighted by Crippen LogP contribution is -2.11. The summed E-state index contributed by atoms with van der Waals surface area (Å²) in [6.45, 7) is 0. The molecule has 0 aliphatic carbocycles. The van der Waals surface area contributed by atoms with Gasteiger partial charge in [0.1, 0.15) is 0 Å². The highest BCUT2D eigenvalue weighted by molar-refractivity contribution is 8.13. The maximum atomic E-state index is 13.2. The second-order valence-electron chi connectivity index (χ2n) is 5.01. The van der Waals surface area contributed by atoms with Gasteiger partial charge in [0, 0.05) is 11.8 Å². The van der Waals surface area contributed by atoms with Gasteiger partial charge in [0.25, 0.3) is 5.24 Å². The fourth-order valence-electron chi connectivity index (χ4n) is 1.91. The Morgan fingerprint density at radius 2 is 1.62 bits per heavy atom. The summed E-state index contributed by atoms with van der Waals surface area (Å²) in [5, 5.41) is 10.3. The number of carboxylic acid groups (broad SMARTS) is 1. The van der Waals surface area contributed by atoms with Crippen LogP contribution in [0.1, 0.15) is 21.5 Å². The van der Waals surface area contributed by atoms with Crippen LogP contribution in [0.25, 0.3) is 0 Å². The van der Waals surface area contributed by atoms with Gasteiger partial charge in [-0.15, -0.1) is 0 Å². The van der Waals surface area contributed by atoms with Crippen LogP contribution in [-0.2, 0) is 11.9 Å². The van der Waals surface area contributed by atoms with Gasteiger partial charge in [0.15, 0.2) is 11.6 Å². The van der Waals surface area contributed by atoms with Gasteiger partial charge in [-0.1, -0.05) is 23.9 Å². The molecule has 0 heterocycles. The summed E-state index contributed by atoms with van der Waals surface area (Å²) in [7, 11) is 0. The Hall–Kier alpha value is -2.62. The van der Waals surface area contributed by atoms with Crippen LogP contribution >= 0.6 is 11.8 Å². The highest BCUT2D eigenvalue weighted by Crippen LogP contribution is 2.30. The minimum absolute atomic E-state index is 0.00392. The monoisotopic (exact) mass is 391 g/mol. The van der Waals surface area contributed by atoms with Gasteiger partial charge in [-0.05, 0) is 23.8 Å². The Kier molecular flexibility index (Phi) is 5.86. The van der Waals surface area contributed by atoms with Crippen LogP contribution in [0, 0.1) is 11.6 Å². The highest BCUT2D eigenvalue weighted by Gasteiger charge is 2.29. The van der Waals surface area contributed by atoms with Gasteiger partial charge in [-0.2, -0.15) is 13.2 Å². The van der Waals surface area contributed by atoms with Crippen LogP contribution in [0.15, 0.2) is 36.4 Å². The second-order valence-corrected chi connectivity index (χ2v) is 5.96. The van der Waals surface area contributed by atoms with Crippen molar-refractivity contribution in [3.63, 3.8) is 0 Å². The SMILES string of the molecule is O=C(Nc1cc(F)c(F)cc1C(=O)O)SCc1ccc(C(F)(F)F)cc1. The average molecular weight is 391 g/mol. The maximum absolute atomic E-state index is 13.2. The molecule has 10 heteroatoms. The Balaban J connectivity index is 2.03. The van der Waals surface area contributed by atoms with Gasteiger partial charge >= 0.3 is 12.1 Å². The van der Waals surface area contributed by atoms with E-state index in [2.05, 4.69) is 5.32 Å². The van der Waals surface area contributed by atoms with Crippen molar-refractivity contribution in [2.24, 2.45) is 0 Å². The molecule has 0 spiro atoms. The first-order chi connectivity index (χ1) is 12.1. The molecule has 0 saturated carbocycles. The molecule has 26 heavy (non-hydrogen) atoms. The zero-order valence-corrected chi connectivity index (χ0v) is 13.5. The molecule has 4 nitrogen and oxygen atoms in total. The smallest absolute Gasteiger partial charge is 0.416 e. The molecule has 2 N–H and O–H groups in total. The fraction of sp³-hybridized carbons (Fsp3) is 0.125. The summed E-state index contributed by atoms with van der Waals surface area (Å²) in [6.07, 6.45) is -4.47. The zero-order chi connectivity index (χ0) is 19.5. The van der Waals surface area contributed by atoms with E-state index in [4.69, 9.17) is 5.11 Å². The van der Waals surface area contributed by atoms with Crippen LogP contribution < -0.4 is 5.32 Å². The zero-order valence-electron chi connectivity index (χ0n) is 12.7. The Morgan fingerprint density at radius 1 is 1.04 bits per heavy atom. The van der Waals surface area contributed by atoms with E-state index >= 15 is 0 Å². The van der Waals surface area contributed by atoms with E-state index < -0.39 is 45.8 Å². The van der Waals surface area contributed by atoms with Crippen molar-refractivity contribution in [3.8, 4) is 0 Å². The third-order valence-corrected chi connectivity index (χ3v) is 4.02. The van der Waals surface area contributed by atoms with Crippen molar-refractivity contribution in [2.45, 2.75) is 11.9 Å². The molecule has 0 atom stereocenters. The normalized spacial score (nSPS) is 11.3. The van der Waals surface area contributed by atoms with Crippen molar-refractivity contribution in [1.29, 1.82) is 0 Å². The summed E-state index contributed by atoms with van der Waals surface area (Å²) in [6, 6.07) is 5.10. The van der Waals surface area contributed by atoms with Gasteiger partial charge in [0.2, 0.25) is 0 Å². The van der Waals surface area contributed by atoms with Gasteiger partial charge in [0.05, 0.1) is 16.8 Å². The van der Waals surface area contributed by atoms with E-state index in [9.17, 15) is 31.5 Å². The van der Waals surface area contributed by atoms with Crippen LogP contribution in [-0.4, -0.2) is 16.3 Å². The summed E-state index contributed by atoms with van der Waals surface area (Å²) >= 11 is 0.628. The van der Waals surface area contributed by atoms with Crippen LogP contribution in [0.5, 0.6) is 0 Å². The summed E-state index contributed by atoms with van der Waals surface area (Å²) < 4.78 is 63.7. The molecule has 0 unspecified atom stereocenters.